The van der Waals surface area contributed by atoms with Gasteiger partial charge in [0.25, 0.3) is 0 Å². The number of rotatable bonds is 2. The first-order valence-electron chi connectivity index (χ1n) is 5.83. The minimum Gasteiger partial charge on any atom is -0.506 e. The Morgan fingerprint density at radius 3 is 2.60 bits per heavy atom. The van der Waals surface area contributed by atoms with Crippen molar-refractivity contribution in [3.8, 4) is 5.75 Å². The molecule has 1 N–H and O–H groups in total. The predicted octanol–water partition coefficient (Wildman–Crippen LogP) is 3.79. The predicted molar refractivity (Wildman–Crippen MR) is 74.7 cm³/mol. The average molecular weight is 288 g/mol. The molecule has 0 saturated carbocycles. The van der Waals surface area contributed by atoms with Crippen LogP contribution >= 0.6 is 11.8 Å². The number of benzene rings is 2. The van der Waals surface area contributed by atoms with E-state index in [4.69, 9.17) is 4.42 Å². The lowest BCUT2D eigenvalue weighted by Crippen LogP contribution is -2.02. The van der Waals surface area contributed by atoms with Crippen molar-refractivity contribution in [2.75, 3.05) is 0 Å². The largest absolute Gasteiger partial charge is 0.506 e. The molecule has 2 aromatic carbocycles. The molecule has 0 aliphatic rings. The Morgan fingerprint density at radius 2 is 1.85 bits per heavy atom. The van der Waals surface area contributed by atoms with Crippen molar-refractivity contribution < 1.29 is 13.9 Å². The number of halogens is 1. The van der Waals surface area contributed by atoms with Crippen LogP contribution in [-0.2, 0) is 0 Å². The average Bonchev–Trinajstić information content (AvgIpc) is 2.46. The fourth-order valence-electron chi connectivity index (χ4n) is 1.84. The van der Waals surface area contributed by atoms with Crippen LogP contribution in [0.2, 0.25) is 0 Å². The van der Waals surface area contributed by atoms with Gasteiger partial charge in [0.2, 0.25) is 0 Å². The van der Waals surface area contributed by atoms with Gasteiger partial charge < -0.3 is 9.52 Å². The van der Waals surface area contributed by atoms with E-state index in [2.05, 4.69) is 0 Å². The van der Waals surface area contributed by atoms with E-state index in [0.29, 0.717) is 0 Å². The van der Waals surface area contributed by atoms with E-state index in [0.717, 1.165) is 22.7 Å². The van der Waals surface area contributed by atoms with Gasteiger partial charge in [-0.1, -0.05) is 30.0 Å². The van der Waals surface area contributed by atoms with E-state index in [1.54, 1.807) is 12.1 Å². The van der Waals surface area contributed by atoms with Gasteiger partial charge in [0.05, 0.1) is 5.39 Å². The Bertz CT molecular complexity index is 828. The van der Waals surface area contributed by atoms with Crippen LogP contribution in [0.1, 0.15) is 0 Å². The summed E-state index contributed by atoms with van der Waals surface area (Å²) in [5.74, 6) is -0.762. The lowest BCUT2D eigenvalue weighted by Gasteiger charge is -2.06. The monoisotopic (exact) mass is 288 g/mol. The molecule has 0 fully saturated rings. The summed E-state index contributed by atoms with van der Waals surface area (Å²) in [6, 6.07) is 12.7. The van der Waals surface area contributed by atoms with E-state index in [1.807, 2.05) is 18.2 Å². The van der Waals surface area contributed by atoms with Gasteiger partial charge in [-0.25, -0.2) is 9.18 Å². The van der Waals surface area contributed by atoms with Crippen LogP contribution in [0.5, 0.6) is 5.75 Å². The highest BCUT2D eigenvalue weighted by Gasteiger charge is 2.15. The zero-order valence-corrected chi connectivity index (χ0v) is 11.0. The summed E-state index contributed by atoms with van der Waals surface area (Å²) in [6.07, 6.45) is 0. The number of fused-ring (bicyclic) bond motifs is 1. The molecule has 3 rings (SSSR count). The maximum atomic E-state index is 13.2. The molecule has 0 spiro atoms. The molecule has 0 amide bonds. The fraction of sp³-hybridized carbons (Fsp3) is 0. The number of hydrogen-bond donors (Lipinski definition) is 1. The summed E-state index contributed by atoms with van der Waals surface area (Å²) in [4.78, 5) is 12.7. The van der Waals surface area contributed by atoms with Crippen LogP contribution in [0.25, 0.3) is 11.0 Å². The van der Waals surface area contributed by atoms with Gasteiger partial charge in [0.15, 0.2) is 0 Å². The van der Waals surface area contributed by atoms with Crippen molar-refractivity contribution in [2.24, 2.45) is 0 Å². The Kier molecular flexibility index (Phi) is 3.20. The molecule has 0 unspecified atom stereocenters. The third-order valence-corrected chi connectivity index (χ3v) is 3.83. The van der Waals surface area contributed by atoms with Crippen LogP contribution in [-0.4, -0.2) is 5.11 Å². The van der Waals surface area contributed by atoms with Gasteiger partial charge in [-0.05, 0) is 30.3 Å². The van der Waals surface area contributed by atoms with Crippen molar-refractivity contribution in [3.63, 3.8) is 0 Å². The summed E-state index contributed by atoms with van der Waals surface area (Å²) in [5.41, 5.74) is -0.484. The van der Waals surface area contributed by atoms with Crippen molar-refractivity contribution in [2.45, 2.75) is 9.79 Å². The smallest absolute Gasteiger partial charge is 0.354 e. The third-order valence-electron chi connectivity index (χ3n) is 2.76. The van der Waals surface area contributed by atoms with Gasteiger partial charge in [0.1, 0.15) is 22.0 Å². The highest BCUT2D eigenvalue weighted by Crippen LogP contribution is 2.36. The SMILES string of the molecule is O=c1oc2ccc(F)cc2c(O)c1Sc1ccccc1. The maximum absolute atomic E-state index is 13.2. The van der Waals surface area contributed by atoms with Crippen molar-refractivity contribution >= 4 is 22.7 Å². The zero-order valence-electron chi connectivity index (χ0n) is 10.2. The van der Waals surface area contributed by atoms with Gasteiger partial charge in [0, 0.05) is 4.90 Å². The summed E-state index contributed by atoms with van der Waals surface area (Å²) in [5, 5.41) is 10.4. The van der Waals surface area contributed by atoms with Crippen molar-refractivity contribution in [3.05, 3.63) is 64.8 Å². The summed E-state index contributed by atoms with van der Waals surface area (Å²) < 4.78 is 18.3. The number of hydrogen-bond acceptors (Lipinski definition) is 4. The van der Waals surface area contributed by atoms with E-state index in [-0.39, 0.29) is 21.6 Å². The second-order valence-corrected chi connectivity index (χ2v) is 5.21. The molecule has 3 aromatic rings. The Hall–Kier alpha value is -2.27. The van der Waals surface area contributed by atoms with Gasteiger partial charge in [-0.2, -0.15) is 0 Å². The van der Waals surface area contributed by atoms with E-state index >= 15 is 0 Å². The lowest BCUT2D eigenvalue weighted by atomic mass is 10.2. The molecule has 0 atom stereocenters. The second-order valence-electron chi connectivity index (χ2n) is 4.12. The molecular weight excluding hydrogens is 279 g/mol. The Balaban J connectivity index is 2.18. The summed E-state index contributed by atoms with van der Waals surface area (Å²) >= 11 is 1.08. The summed E-state index contributed by atoms with van der Waals surface area (Å²) in [6.45, 7) is 0. The third kappa shape index (κ3) is 2.28. The molecular formula is C15H9FO3S. The molecule has 20 heavy (non-hydrogen) atoms. The molecule has 100 valence electrons. The first-order chi connectivity index (χ1) is 9.65. The quantitative estimate of drug-likeness (QED) is 0.729. The van der Waals surface area contributed by atoms with E-state index in [9.17, 15) is 14.3 Å². The molecule has 1 heterocycles. The van der Waals surface area contributed by atoms with Gasteiger partial charge >= 0.3 is 5.63 Å². The van der Waals surface area contributed by atoms with Crippen LogP contribution in [0, 0.1) is 5.82 Å². The highest BCUT2D eigenvalue weighted by atomic mass is 32.2. The molecule has 5 heteroatoms. The lowest BCUT2D eigenvalue weighted by molar-refractivity contribution is 0.446. The van der Waals surface area contributed by atoms with E-state index < -0.39 is 11.4 Å². The topological polar surface area (TPSA) is 50.4 Å². The summed E-state index contributed by atoms with van der Waals surface area (Å²) in [7, 11) is 0. The maximum Gasteiger partial charge on any atom is 0.354 e. The Morgan fingerprint density at radius 1 is 1.10 bits per heavy atom. The molecule has 0 radical (unpaired) electrons. The highest BCUT2D eigenvalue weighted by molar-refractivity contribution is 7.99. The van der Waals surface area contributed by atoms with Crippen LogP contribution in [0.3, 0.4) is 0 Å². The van der Waals surface area contributed by atoms with Crippen LogP contribution in [0.4, 0.5) is 4.39 Å². The molecule has 0 aliphatic carbocycles. The molecule has 0 bridgehead atoms. The van der Waals surface area contributed by atoms with Gasteiger partial charge in [-0.3, -0.25) is 0 Å². The fourth-order valence-corrected chi connectivity index (χ4v) is 2.70. The standard InChI is InChI=1S/C15H9FO3S/c16-9-6-7-12-11(8-9)13(17)14(15(18)19-12)20-10-4-2-1-3-5-10/h1-8,17H. The van der Waals surface area contributed by atoms with Crippen molar-refractivity contribution in [1.82, 2.24) is 0 Å². The number of aromatic hydroxyl groups is 1. The normalized spacial score (nSPS) is 10.8. The van der Waals surface area contributed by atoms with Crippen LogP contribution < -0.4 is 5.63 Å². The van der Waals surface area contributed by atoms with Gasteiger partial charge in [-0.15, -0.1) is 0 Å². The second kappa shape index (κ2) is 5.02. The molecule has 1 aromatic heterocycles. The molecule has 0 saturated heterocycles. The van der Waals surface area contributed by atoms with E-state index in [1.165, 1.54) is 12.1 Å². The first-order valence-corrected chi connectivity index (χ1v) is 6.65. The molecule has 0 aliphatic heterocycles. The minimum atomic E-state index is -0.643. The minimum absolute atomic E-state index is 0.0503. The zero-order chi connectivity index (χ0) is 14.1. The molecule has 3 nitrogen and oxygen atoms in total. The van der Waals surface area contributed by atoms with Crippen LogP contribution in [0.15, 0.2) is 67.5 Å². The first kappa shape index (κ1) is 12.7. The Labute approximate surface area is 117 Å². The van der Waals surface area contributed by atoms with Crippen molar-refractivity contribution in [1.29, 1.82) is 0 Å².